The van der Waals surface area contributed by atoms with E-state index in [4.69, 9.17) is 0 Å². The van der Waals surface area contributed by atoms with Crippen LogP contribution in [0.25, 0.3) is 0 Å². The molecule has 0 fully saturated rings. The molecule has 4 heteroatoms. The molecule has 0 aromatic heterocycles. The Bertz CT molecular complexity index is 659. The largest absolute Gasteiger partial charge is 0.321 e. The van der Waals surface area contributed by atoms with E-state index in [9.17, 15) is 9.18 Å². The van der Waals surface area contributed by atoms with Crippen molar-refractivity contribution in [1.82, 2.24) is 0 Å². The molecule has 0 saturated heterocycles. The Morgan fingerprint density at radius 2 is 1.70 bits per heavy atom. The van der Waals surface area contributed by atoms with Crippen molar-refractivity contribution in [2.75, 3.05) is 5.32 Å². The summed E-state index contributed by atoms with van der Waals surface area (Å²) in [6, 6.07) is 8.37. The van der Waals surface area contributed by atoms with E-state index in [1.165, 1.54) is 12.1 Å². The van der Waals surface area contributed by atoms with Crippen LogP contribution in [-0.4, -0.2) is 5.91 Å². The summed E-state index contributed by atoms with van der Waals surface area (Å²) in [5.41, 5.74) is 3.84. The number of carbonyl (C=O) groups excluding carboxylic acids is 1. The van der Waals surface area contributed by atoms with Crippen molar-refractivity contribution in [1.29, 1.82) is 0 Å². The molecule has 0 bridgehead atoms. The van der Waals surface area contributed by atoms with Gasteiger partial charge in [0.2, 0.25) is 0 Å². The molecule has 0 aliphatic carbocycles. The molecule has 0 radical (unpaired) electrons. The van der Waals surface area contributed by atoms with Crippen LogP contribution in [0.5, 0.6) is 0 Å². The molecule has 1 amide bonds. The Hall–Kier alpha value is -1.68. The van der Waals surface area contributed by atoms with Gasteiger partial charge in [-0.05, 0) is 50.1 Å². The second kappa shape index (κ2) is 5.75. The Kier molecular flexibility index (Phi) is 4.23. The standard InChI is InChI=1S/C16H15BrFNO/c1-9-6-10(2)15(11(3)7-9)19-16(20)13-5-4-12(17)8-14(13)18/h4-8H,1-3H3,(H,19,20). The second-order valence-corrected chi connectivity index (χ2v) is 5.77. The monoisotopic (exact) mass is 335 g/mol. The number of rotatable bonds is 2. The lowest BCUT2D eigenvalue weighted by Gasteiger charge is -2.13. The van der Waals surface area contributed by atoms with E-state index in [0.29, 0.717) is 4.47 Å². The normalized spacial score (nSPS) is 10.4. The third kappa shape index (κ3) is 3.07. The molecule has 0 aliphatic heterocycles. The van der Waals surface area contributed by atoms with Crippen LogP contribution in [0, 0.1) is 26.6 Å². The van der Waals surface area contributed by atoms with Gasteiger partial charge in [0.05, 0.1) is 5.56 Å². The summed E-state index contributed by atoms with van der Waals surface area (Å²) in [4.78, 5) is 12.2. The predicted molar refractivity (Wildman–Crippen MR) is 82.7 cm³/mol. The zero-order valence-corrected chi connectivity index (χ0v) is 13.1. The average Bonchev–Trinajstić information content (AvgIpc) is 2.33. The van der Waals surface area contributed by atoms with Crippen LogP contribution < -0.4 is 5.32 Å². The zero-order valence-electron chi connectivity index (χ0n) is 11.6. The van der Waals surface area contributed by atoms with Gasteiger partial charge in [-0.2, -0.15) is 0 Å². The minimum atomic E-state index is -0.542. The molecule has 0 aliphatic rings. The maximum absolute atomic E-state index is 13.8. The molecular formula is C16H15BrFNO. The van der Waals surface area contributed by atoms with Crippen molar-refractivity contribution >= 4 is 27.5 Å². The van der Waals surface area contributed by atoms with Crippen molar-refractivity contribution in [3.05, 3.63) is 62.9 Å². The lowest BCUT2D eigenvalue weighted by molar-refractivity contribution is 0.102. The molecule has 0 spiro atoms. The van der Waals surface area contributed by atoms with Crippen molar-refractivity contribution in [3.8, 4) is 0 Å². The second-order valence-electron chi connectivity index (χ2n) is 4.85. The average molecular weight is 336 g/mol. The van der Waals surface area contributed by atoms with Crippen molar-refractivity contribution in [2.24, 2.45) is 0 Å². The highest BCUT2D eigenvalue weighted by atomic mass is 79.9. The van der Waals surface area contributed by atoms with Crippen LogP contribution >= 0.6 is 15.9 Å². The minimum absolute atomic E-state index is 0.0348. The third-order valence-electron chi connectivity index (χ3n) is 3.09. The molecule has 0 atom stereocenters. The third-order valence-corrected chi connectivity index (χ3v) is 3.58. The fourth-order valence-electron chi connectivity index (χ4n) is 2.23. The molecule has 2 aromatic rings. The number of nitrogens with one attached hydrogen (secondary N) is 1. The number of hydrogen-bond acceptors (Lipinski definition) is 1. The summed E-state index contributed by atoms with van der Waals surface area (Å²) in [5.74, 6) is -0.982. The van der Waals surface area contributed by atoms with Gasteiger partial charge in [-0.1, -0.05) is 33.6 Å². The molecule has 2 aromatic carbocycles. The smallest absolute Gasteiger partial charge is 0.258 e. The SMILES string of the molecule is Cc1cc(C)c(NC(=O)c2ccc(Br)cc2F)c(C)c1. The van der Waals surface area contributed by atoms with Crippen LogP contribution in [-0.2, 0) is 0 Å². The molecule has 2 rings (SSSR count). The first-order chi connectivity index (χ1) is 9.38. The number of amides is 1. The Labute approximate surface area is 126 Å². The Balaban J connectivity index is 2.33. The first kappa shape index (κ1) is 14.7. The highest BCUT2D eigenvalue weighted by Gasteiger charge is 2.14. The molecule has 104 valence electrons. The first-order valence-corrected chi connectivity index (χ1v) is 7.02. The topological polar surface area (TPSA) is 29.1 Å². The number of carbonyl (C=O) groups is 1. The van der Waals surface area contributed by atoms with E-state index in [1.807, 2.05) is 32.9 Å². The molecule has 1 N–H and O–H groups in total. The van der Waals surface area contributed by atoms with E-state index < -0.39 is 11.7 Å². The van der Waals surface area contributed by atoms with Gasteiger partial charge in [-0.3, -0.25) is 4.79 Å². The summed E-state index contributed by atoms with van der Waals surface area (Å²) in [5, 5.41) is 2.79. The van der Waals surface area contributed by atoms with Gasteiger partial charge < -0.3 is 5.32 Å². The number of aryl methyl sites for hydroxylation is 3. The number of anilines is 1. The molecule has 0 heterocycles. The highest BCUT2D eigenvalue weighted by molar-refractivity contribution is 9.10. The van der Waals surface area contributed by atoms with Crippen LogP contribution in [0.2, 0.25) is 0 Å². The van der Waals surface area contributed by atoms with Crippen LogP contribution in [0.3, 0.4) is 0 Å². The van der Waals surface area contributed by atoms with E-state index in [-0.39, 0.29) is 5.56 Å². The Morgan fingerprint density at radius 3 is 2.25 bits per heavy atom. The summed E-state index contributed by atoms with van der Waals surface area (Å²) in [6.07, 6.45) is 0. The highest BCUT2D eigenvalue weighted by Crippen LogP contribution is 2.23. The minimum Gasteiger partial charge on any atom is -0.321 e. The van der Waals surface area contributed by atoms with Gasteiger partial charge in [0.15, 0.2) is 0 Å². The van der Waals surface area contributed by atoms with Crippen molar-refractivity contribution in [3.63, 3.8) is 0 Å². The molecule has 0 unspecified atom stereocenters. The van der Waals surface area contributed by atoms with Gasteiger partial charge in [-0.25, -0.2) is 4.39 Å². The zero-order chi connectivity index (χ0) is 14.9. The van der Waals surface area contributed by atoms with Gasteiger partial charge in [0.1, 0.15) is 5.82 Å². The van der Waals surface area contributed by atoms with Crippen LogP contribution in [0.1, 0.15) is 27.0 Å². The summed E-state index contributed by atoms with van der Waals surface area (Å²) < 4.78 is 14.4. The lowest BCUT2D eigenvalue weighted by Crippen LogP contribution is -2.15. The van der Waals surface area contributed by atoms with E-state index in [2.05, 4.69) is 21.2 Å². The maximum Gasteiger partial charge on any atom is 0.258 e. The van der Waals surface area contributed by atoms with Gasteiger partial charge >= 0.3 is 0 Å². The summed E-state index contributed by atoms with van der Waals surface area (Å²) in [6.45, 7) is 5.85. The van der Waals surface area contributed by atoms with E-state index in [0.717, 1.165) is 22.4 Å². The van der Waals surface area contributed by atoms with E-state index >= 15 is 0 Å². The van der Waals surface area contributed by atoms with Gasteiger partial charge in [-0.15, -0.1) is 0 Å². The number of benzene rings is 2. The number of hydrogen-bond donors (Lipinski definition) is 1. The summed E-state index contributed by atoms with van der Waals surface area (Å²) in [7, 11) is 0. The van der Waals surface area contributed by atoms with Gasteiger partial charge in [0.25, 0.3) is 5.91 Å². The molecule has 2 nitrogen and oxygen atoms in total. The molecule has 0 saturated carbocycles. The predicted octanol–water partition coefficient (Wildman–Crippen LogP) is 4.77. The maximum atomic E-state index is 13.8. The van der Waals surface area contributed by atoms with Crippen molar-refractivity contribution in [2.45, 2.75) is 20.8 Å². The van der Waals surface area contributed by atoms with Gasteiger partial charge in [0, 0.05) is 10.2 Å². The van der Waals surface area contributed by atoms with Crippen molar-refractivity contribution < 1.29 is 9.18 Å². The molecular weight excluding hydrogens is 321 g/mol. The quantitative estimate of drug-likeness (QED) is 0.841. The first-order valence-electron chi connectivity index (χ1n) is 6.22. The van der Waals surface area contributed by atoms with Crippen LogP contribution in [0.15, 0.2) is 34.8 Å². The Morgan fingerprint density at radius 1 is 1.10 bits per heavy atom. The lowest BCUT2D eigenvalue weighted by atomic mass is 10.0. The summed E-state index contributed by atoms with van der Waals surface area (Å²) >= 11 is 3.17. The van der Waals surface area contributed by atoms with E-state index in [1.54, 1.807) is 6.07 Å². The number of halogens is 2. The fourth-order valence-corrected chi connectivity index (χ4v) is 2.56. The molecule has 20 heavy (non-hydrogen) atoms. The fraction of sp³-hybridized carbons (Fsp3) is 0.188. The van der Waals surface area contributed by atoms with Crippen LogP contribution in [0.4, 0.5) is 10.1 Å².